The van der Waals surface area contributed by atoms with Gasteiger partial charge in [0.15, 0.2) is 18.1 Å². The summed E-state index contributed by atoms with van der Waals surface area (Å²) in [6, 6.07) is 8.82. The first-order valence-electron chi connectivity index (χ1n) is 10.3. The van der Waals surface area contributed by atoms with Crippen molar-refractivity contribution in [3.05, 3.63) is 55.5 Å². The molecule has 0 bridgehead atoms. The van der Waals surface area contributed by atoms with E-state index in [0.717, 1.165) is 27.8 Å². The molecule has 11 heteroatoms. The molecule has 0 atom stereocenters. The average Bonchev–Trinajstić information content (AvgIpc) is 3.07. The SMILES string of the molecule is COC(=O)COc1c(I)cc(/C=C2/SC(=O)N(CC(=O)Nc3ccc(C)c(C)c3)C2=O)cc1OC. The lowest BCUT2D eigenvalue weighted by atomic mass is 10.1. The first kappa shape index (κ1) is 26.5. The largest absolute Gasteiger partial charge is 0.493 e. The molecular formula is C24H23IN2O7S. The summed E-state index contributed by atoms with van der Waals surface area (Å²) < 4.78 is 16.1. The Kier molecular flexibility index (Phi) is 8.78. The molecule has 0 aliphatic carbocycles. The van der Waals surface area contributed by atoms with Crippen LogP contribution in [0, 0.1) is 17.4 Å². The third kappa shape index (κ3) is 6.54. The van der Waals surface area contributed by atoms with E-state index in [9.17, 15) is 19.2 Å². The normalized spacial score (nSPS) is 14.3. The fourth-order valence-corrected chi connectivity index (χ4v) is 4.72. The van der Waals surface area contributed by atoms with Gasteiger partial charge in [0.2, 0.25) is 5.91 Å². The van der Waals surface area contributed by atoms with E-state index in [0.29, 0.717) is 26.3 Å². The highest BCUT2D eigenvalue weighted by Gasteiger charge is 2.36. The first-order chi connectivity index (χ1) is 16.6. The second kappa shape index (κ2) is 11.6. The number of methoxy groups -OCH3 is 2. The van der Waals surface area contributed by atoms with Gasteiger partial charge in [0.1, 0.15) is 6.54 Å². The van der Waals surface area contributed by atoms with Crippen LogP contribution in [0.25, 0.3) is 6.08 Å². The van der Waals surface area contributed by atoms with Crippen LogP contribution >= 0.6 is 34.4 Å². The number of rotatable bonds is 8. The number of hydrogen-bond acceptors (Lipinski definition) is 8. The standard InChI is InChI=1S/C24H23IN2O7S/c1-13-5-6-16(7-14(13)2)26-20(28)11-27-23(30)19(35-24(27)31)10-15-8-17(25)22(18(9-15)32-3)34-12-21(29)33-4/h5-10H,11-12H2,1-4H3,(H,26,28)/b19-10+. The third-order valence-electron chi connectivity index (χ3n) is 5.08. The van der Waals surface area contributed by atoms with Crippen LogP contribution in [0.5, 0.6) is 11.5 Å². The predicted octanol–water partition coefficient (Wildman–Crippen LogP) is 4.14. The summed E-state index contributed by atoms with van der Waals surface area (Å²) in [6.45, 7) is 3.22. The minimum absolute atomic E-state index is 0.176. The lowest BCUT2D eigenvalue weighted by Gasteiger charge is -2.13. The van der Waals surface area contributed by atoms with Gasteiger partial charge < -0.3 is 19.5 Å². The Morgan fingerprint density at radius 3 is 2.51 bits per heavy atom. The van der Waals surface area contributed by atoms with Gasteiger partial charge in [0.05, 0.1) is 22.7 Å². The zero-order valence-corrected chi connectivity index (χ0v) is 22.4. The van der Waals surface area contributed by atoms with Crippen LogP contribution in [0.3, 0.4) is 0 Å². The van der Waals surface area contributed by atoms with E-state index in [1.54, 1.807) is 24.3 Å². The number of nitrogens with one attached hydrogen (secondary N) is 1. The van der Waals surface area contributed by atoms with E-state index >= 15 is 0 Å². The van der Waals surface area contributed by atoms with Gasteiger partial charge >= 0.3 is 5.97 Å². The second-order valence-electron chi connectivity index (χ2n) is 7.51. The average molecular weight is 610 g/mol. The van der Waals surface area contributed by atoms with Gasteiger partial charge in [-0.2, -0.15) is 0 Å². The summed E-state index contributed by atoms with van der Waals surface area (Å²) in [4.78, 5) is 50.2. The van der Waals surface area contributed by atoms with E-state index in [-0.39, 0.29) is 11.5 Å². The molecule has 3 rings (SSSR count). The maximum absolute atomic E-state index is 12.9. The first-order valence-corrected chi connectivity index (χ1v) is 12.2. The van der Waals surface area contributed by atoms with Crippen LogP contribution in [0.15, 0.2) is 35.2 Å². The summed E-state index contributed by atoms with van der Waals surface area (Å²) in [5.41, 5.74) is 3.29. The number of hydrogen-bond donors (Lipinski definition) is 1. The number of carbonyl (C=O) groups is 4. The summed E-state index contributed by atoms with van der Waals surface area (Å²) in [5, 5.41) is 2.19. The molecule has 1 fully saturated rings. The summed E-state index contributed by atoms with van der Waals surface area (Å²) >= 11 is 2.77. The quantitative estimate of drug-likeness (QED) is 0.270. The molecule has 0 saturated carbocycles. The highest BCUT2D eigenvalue weighted by Crippen LogP contribution is 2.37. The highest BCUT2D eigenvalue weighted by molar-refractivity contribution is 14.1. The molecule has 1 N–H and O–H groups in total. The van der Waals surface area contributed by atoms with Gasteiger partial charge in [0.25, 0.3) is 11.1 Å². The molecule has 1 saturated heterocycles. The van der Waals surface area contributed by atoms with E-state index in [1.807, 2.05) is 48.6 Å². The number of halogens is 1. The van der Waals surface area contributed by atoms with Crippen molar-refractivity contribution in [2.24, 2.45) is 0 Å². The Hall–Kier alpha value is -3.06. The third-order valence-corrected chi connectivity index (χ3v) is 6.79. The smallest absolute Gasteiger partial charge is 0.343 e. The predicted molar refractivity (Wildman–Crippen MR) is 140 cm³/mol. The Balaban J connectivity index is 1.74. The number of ether oxygens (including phenoxy) is 3. The molecule has 0 unspecified atom stereocenters. The zero-order chi connectivity index (χ0) is 25.7. The van der Waals surface area contributed by atoms with Gasteiger partial charge in [0, 0.05) is 5.69 Å². The number of benzene rings is 2. The Bertz CT molecular complexity index is 1230. The number of thioether (sulfide) groups is 1. The van der Waals surface area contributed by atoms with Crippen LogP contribution in [0.2, 0.25) is 0 Å². The molecule has 0 spiro atoms. The minimum Gasteiger partial charge on any atom is -0.493 e. The number of imide groups is 1. The molecular weight excluding hydrogens is 587 g/mol. The van der Waals surface area contributed by atoms with Crippen molar-refractivity contribution < 1.29 is 33.4 Å². The number of nitrogens with zero attached hydrogens (tertiary/aromatic N) is 1. The topological polar surface area (TPSA) is 111 Å². The van der Waals surface area contributed by atoms with Crippen molar-refractivity contribution in [2.45, 2.75) is 13.8 Å². The van der Waals surface area contributed by atoms with Crippen molar-refractivity contribution >= 4 is 69.1 Å². The van der Waals surface area contributed by atoms with Crippen molar-refractivity contribution in [3.8, 4) is 11.5 Å². The number of esters is 1. The number of carbonyl (C=O) groups excluding carboxylic acids is 4. The Morgan fingerprint density at radius 2 is 1.86 bits per heavy atom. The van der Waals surface area contributed by atoms with Crippen molar-refractivity contribution in [3.63, 3.8) is 0 Å². The molecule has 0 radical (unpaired) electrons. The maximum atomic E-state index is 12.9. The molecule has 2 aromatic rings. The van der Waals surface area contributed by atoms with Gasteiger partial charge in [-0.3, -0.25) is 19.3 Å². The zero-order valence-electron chi connectivity index (χ0n) is 19.5. The van der Waals surface area contributed by atoms with E-state index in [4.69, 9.17) is 9.47 Å². The molecule has 9 nitrogen and oxygen atoms in total. The number of aryl methyl sites for hydroxylation is 2. The van der Waals surface area contributed by atoms with Crippen molar-refractivity contribution in [2.75, 3.05) is 32.7 Å². The fourth-order valence-electron chi connectivity index (χ4n) is 3.10. The van der Waals surface area contributed by atoms with Crippen LogP contribution < -0.4 is 14.8 Å². The van der Waals surface area contributed by atoms with E-state index < -0.39 is 29.6 Å². The van der Waals surface area contributed by atoms with Crippen molar-refractivity contribution in [1.29, 1.82) is 0 Å². The van der Waals surface area contributed by atoms with Gasteiger partial charge in [-0.1, -0.05) is 6.07 Å². The van der Waals surface area contributed by atoms with Gasteiger partial charge in [-0.15, -0.1) is 0 Å². The Labute approximate surface area is 220 Å². The molecule has 1 aliphatic heterocycles. The molecule has 184 valence electrons. The van der Waals surface area contributed by atoms with Crippen LogP contribution in [-0.2, 0) is 19.1 Å². The number of anilines is 1. The monoisotopic (exact) mass is 610 g/mol. The molecule has 2 aromatic carbocycles. The van der Waals surface area contributed by atoms with E-state index in [2.05, 4.69) is 10.1 Å². The molecule has 1 heterocycles. The van der Waals surface area contributed by atoms with Crippen LogP contribution in [-0.4, -0.2) is 55.3 Å². The van der Waals surface area contributed by atoms with Crippen molar-refractivity contribution in [1.82, 2.24) is 4.90 Å². The lowest BCUT2D eigenvalue weighted by Crippen LogP contribution is -2.36. The fraction of sp³-hybridized carbons (Fsp3) is 0.250. The molecule has 1 aliphatic rings. The maximum Gasteiger partial charge on any atom is 0.343 e. The van der Waals surface area contributed by atoms with Gasteiger partial charge in [-0.25, -0.2) is 4.79 Å². The lowest BCUT2D eigenvalue weighted by molar-refractivity contribution is -0.143. The molecule has 35 heavy (non-hydrogen) atoms. The summed E-state index contributed by atoms with van der Waals surface area (Å²) in [6.07, 6.45) is 1.54. The minimum atomic E-state index is -0.560. The molecule has 0 aromatic heterocycles. The highest BCUT2D eigenvalue weighted by atomic mass is 127. The summed E-state index contributed by atoms with van der Waals surface area (Å²) in [7, 11) is 2.71. The van der Waals surface area contributed by atoms with Crippen LogP contribution in [0.4, 0.5) is 10.5 Å². The molecule has 3 amide bonds. The van der Waals surface area contributed by atoms with Crippen LogP contribution in [0.1, 0.15) is 16.7 Å². The summed E-state index contributed by atoms with van der Waals surface area (Å²) in [5.74, 6) is -0.872. The number of amides is 3. The second-order valence-corrected chi connectivity index (χ2v) is 9.67. The van der Waals surface area contributed by atoms with Gasteiger partial charge in [-0.05, 0) is 95.2 Å². The van der Waals surface area contributed by atoms with E-state index in [1.165, 1.54) is 14.2 Å². The Morgan fingerprint density at radius 1 is 1.11 bits per heavy atom.